The average molecular weight is 426 g/mol. The topological polar surface area (TPSA) is 65.1 Å². The number of benzene rings is 1. The van der Waals surface area contributed by atoms with E-state index in [1.54, 1.807) is 14.2 Å². The van der Waals surface area contributed by atoms with Crippen LogP contribution in [-0.4, -0.2) is 50.4 Å². The predicted molar refractivity (Wildman–Crippen MR) is 117 cm³/mol. The first-order valence-electron chi connectivity index (χ1n) is 11.2. The Bertz CT molecular complexity index is 901. The molecule has 0 saturated heterocycles. The van der Waals surface area contributed by atoms with E-state index in [4.69, 9.17) is 14.2 Å². The molecular formula is C25H31NO5. The Morgan fingerprint density at radius 1 is 0.935 bits per heavy atom. The largest absolute Gasteiger partial charge is 0.493 e. The minimum atomic E-state index is -0.338. The molecule has 6 heteroatoms. The van der Waals surface area contributed by atoms with E-state index in [0.717, 1.165) is 53.8 Å². The van der Waals surface area contributed by atoms with Gasteiger partial charge in [0.05, 0.1) is 20.3 Å². The summed E-state index contributed by atoms with van der Waals surface area (Å²) in [5, 5.41) is 0. The van der Waals surface area contributed by atoms with E-state index in [9.17, 15) is 9.59 Å². The van der Waals surface area contributed by atoms with Gasteiger partial charge in [-0.05, 0) is 50.3 Å². The zero-order valence-electron chi connectivity index (χ0n) is 18.7. The molecule has 0 bridgehead atoms. The van der Waals surface area contributed by atoms with Gasteiger partial charge in [0.1, 0.15) is 0 Å². The van der Waals surface area contributed by atoms with E-state index in [2.05, 4.69) is 4.90 Å². The van der Waals surface area contributed by atoms with E-state index < -0.39 is 0 Å². The number of carbonyl (C=O) groups is 2. The van der Waals surface area contributed by atoms with Crippen LogP contribution in [0.4, 0.5) is 0 Å². The van der Waals surface area contributed by atoms with Gasteiger partial charge < -0.3 is 19.1 Å². The van der Waals surface area contributed by atoms with Crippen molar-refractivity contribution in [1.82, 2.24) is 4.90 Å². The van der Waals surface area contributed by atoms with Crippen LogP contribution in [0, 0.1) is 0 Å². The SMILES string of the molecule is CCOc1cc(C2C3=C(CCCC3=O)N(CCOC)C3=C2C(=O)CCC3)ccc1OC. The van der Waals surface area contributed by atoms with Gasteiger partial charge in [-0.15, -0.1) is 0 Å². The lowest BCUT2D eigenvalue weighted by Gasteiger charge is -2.44. The second-order valence-corrected chi connectivity index (χ2v) is 8.19. The van der Waals surface area contributed by atoms with E-state index in [-0.39, 0.29) is 17.5 Å². The number of nitrogens with zero attached hydrogens (tertiary/aromatic N) is 1. The first kappa shape index (κ1) is 21.6. The zero-order chi connectivity index (χ0) is 22.0. The van der Waals surface area contributed by atoms with Gasteiger partial charge in [0.25, 0.3) is 0 Å². The lowest BCUT2D eigenvalue weighted by Crippen LogP contribution is -2.40. The fourth-order valence-electron chi connectivity index (χ4n) is 5.14. The Balaban J connectivity index is 1.90. The number of methoxy groups -OCH3 is 2. The molecule has 31 heavy (non-hydrogen) atoms. The molecule has 166 valence electrons. The summed E-state index contributed by atoms with van der Waals surface area (Å²) in [7, 11) is 3.30. The maximum absolute atomic E-state index is 13.2. The Hall–Kier alpha value is -2.60. The molecule has 4 rings (SSSR count). The maximum atomic E-state index is 13.2. The highest BCUT2D eigenvalue weighted by atomic mass is 16.5. The fourth-order valence-corrected chi connectivity index (χ4v) is 5.14. The Labute approximate surface area is 183 Å². The van der Waals surface area contributed by atoms with Crippen molar-refractivity contribution < 1.29 is 23.8 Å². The van der Waals surface area contributed by atoms with Gasteiger partial charge in [-0.1, -0.05) is 6.07 Å². The van der Waals surface area contributed by atoms with Crippen molar-refractivity contribution in [3.05, 3.63) is 46.3 Å². The molecule has 0 saturated carbocycles. The standard InChI is InChI=1S/C25H31NO5/c1-4-31-22-15-16(11-12-21(22)30-3)23-24-17(7-5-9-19(24)27)26(13-14-29-2)18-8-6-10-20(28)25(18)23/h11-12,15,23H,4-10,13-14H2,1-3H3. The Kier molecular flexibility index (Phi) is 6.46. The minimum Gasteiger partial charge on any atom is -0.493 e. The molecule has 0 N–H and O–H groups in total. The fraction of sp³-hybridized carbons (Fsp3) is 0.520. The highest BCUT2D eigenvalue weighted by Crippen LogP contribution is 2.49. The number of carbonyl (C=O) groups excluding carboxylic acids is 2. The smallest absolute Gasteiger partial charge is 0.161 e. The molecule has 1 aromatic carbocycles. The summed E-state index contributed by atoms with van der Waals surface area (Å²) < 4.78 is 16.6. The van der Waals surface area contributed by atoms with Crippen molar-refractivity contribution in [2.75, 3.05) is 34.0 Å². The number of hydrogen-bond donors (Lipinski definition) is 0. The van der Waals surface area contributed by atoms with Crippen molar-refractivity contribution >= 4 is 11.6 Å². The van der Waals surface area contributed by atoms with Gasteiger partial charge in [0, 0.05) is 55.0 Å². The molecule has 0 amide bonds. The molecule has 1 aromatic rings. The monoisotopic (exact) mass is 425 g/mol. The molecule has 0 spiro atoms. The van der Waals surface area contributed by atoms with E-state index in [0.29, 0.717) is 44.1 Å². The molecule has 2 aliphatic carbocycles. The summed E-state index contributed by atoms with van der Waals surface area (Å²) in [6.07, 6.45) is 4.44. The number of allylic oxidation sites excluding steroid dienone is 4. The number of ether oxygens (including phenoxy) is 3. The molecule has 6 nitrogen and oxygen atoms in total. The highest BCUT2D eigenvalue weighted by molar-refractivity contribution is 6.06. The summed E-state index contributed by atoms with van der Waals surface area (Å²) >= 11 is 0. The van der Waals surface area contributed by atoms with Crippen LogP contribution < -0.4 is 9.47 Å². The van der Waals surface area contributed by atoms with Crippen molar-refractivity contribution in [2.45, 2.75) is 51.4 Å². The molecule has 1 aliphatic heterocycles. The summed E-state index contributed by atoms with van der Waals surface area (Å²) in [5.74, 6) is 1.24. The number of hydrogen-bond acceptors (Lipinski definition) is 6. The third-order valence-electron chi connectivity index (χ3n) is 6.43. The quantitative estimate of drug-likeness (QED) is 0.654. The van der Waals surface area contributed by atoms with Crippen molar-refractivity contribution in [2.24, 2.45) is 0 Å². The Morgan fingerprint density at radius 2 is 1.58 bits per heavy atom. The zero-order valence-corrected chi connectivity index (χ0v) is 18.7. The first-order valence-corrected chi connectivity index (χ1v) is 11.2. The van der Waals surface area contributed by atoms with Crippen LogP contribution in [0.3, 0.4) is 0 Å². The number of Topliss-reactive ketones (excluding diaryl/α,β-unsaturated/α-hetero) is 2. The third kappa shape index (κ3) is 3.89. The van der Waals surface area contributed by atoms with Crippen LogP contribution in [0.1, 0.15) is 56.9 Å². The van der Waals surface area contributed by atoms with E-state index in [1.165, 1.54) is 0 Å². The van der Waals surface area contributed by atoms with E-state index >= 15 is 0 Å². The number of ketones is 2. The molecule has 0 atom stereocenters. The molecule has 3 aliphatic rings. The van der Waals surface area contributed by atoms with Gasteiger partial charge in [0.2, 0.25) is 0 Å². The maximum Gasteiger partial charge on any atom is 0.161 e. The average Bonchev–Trinajstić information content (AvgIpc) is 2.77. The molecule has 0 fully saturated rings. The van der Waals surface area contributed by atoms with Gasteiger partial charge in [-0.3, -0.25) is 9.59 Å². The molecular weight excluding hydrogens is 394 g/mol. The van der Waals surface area contributed by atoms with Crippen LogP contribution in [0.5, 0.6) is 11.5 Å². The number of rotatable bonds is 7. The van der Waals surface area contributed by atoms with Crippen LogP contribution in [0.2, 0.25) is 0 Å². The summed E-state index contributed by atoms with van der Waals surface area (Å²) in [6.45, 7) is 3.65. The minimum absolute atomic E-state index is 0.146. The second kappa shape index (κ2) is 9.27. The second-order valence-electron chi connectivity index (χ2n) is 8.19. The lowest BCUT2D eigenvalue weighted by atomic mass is 9.71. The lowest BCUT2D eigenvalue weighted by molar-refractivity contribution is -0.117. The first-order chi connectivity index (χ1) is 15.1. The van der Waals surface area contributed by atoms with Crippen molar-refractivity contribution in [3.63, 3.8) is 0 Å². The van der Waals surface area contributed by atoms with Crippen molar-refractivity contribution in [3.8, 4) is 11.5 Å². The van der Waals surface area contributed by atoms with Crippen LogP contribution in [-0.2, 0) is 14.3 Å². The third-order valence-corrected chi connectivity index (χ3v) is 6.43. The van der Waals surface area contributed by atoms with Gasteiger partial charge >= 0.3 is 0 Å². The summed E-state index contributed by atoms with van der Waals surface area (Å²) in [4.78, 5) is 28.7. The molecule has 1 heterocycles. The normalized spacial score (nSPS) is 19.5. The van der Waals surface area contributed by atoms with Gasteiger partial charge in [0.15, 0.2) is 23.1 Å². The van der Waals surface area contributed by atoms with Crippen LogP contribution in [0.15, 0.2) is 40.7 Å². The van der Waals surface area contributed by atoms with Crippen LogP contribution in [0.25, 0.3) is 0 Å². The molecule has 0 aromatic heterocycles. The van der Waals surface area contributed by atoms with Gasteiger partial charge in [-0.2, -0.15) is 0 Å². The van der Waals surface area contributed by atoms with Crippen molar-refractivity contribution in [1.29, 1.82) is 0 Å². The summed E-state index contributed by atoms with van der Waals surface area (Å²) in [5.41, 5.74) is 4.62. The molecule has 0 radical (unpaired) electrons. The highest BCUT2D eigenvalue weighted by Gasteiger charge is 2.43. The van der Waals surface area contributed by atoms with Gasteiger partial charge in [-0.25, -0.2) is 0 Å². The molecule has 0 unspecified atom stereocenters. The van der Waals surface area contributed by atoms with Crippen LogP contribution >= 0.6 is 0 Å². The Morgan fingerprint density at radius 3 is 2.13 bits per heavy atom. The summed E-state index contributed by atoms with van der Waals surface area (Å²) in [6, 6.07) is 5.78. The van der Waals surface area contributed by atoms with E-state index in [1.807, 2.05) is 25.1 Å². The predicted octanol–water partition coefficient (Wildman–Crippen LogP) is 4.15.